The third kappa shape index (κ3) is 2.36. The van der Waals surface area contributed by atoms with Gasteiger partial charge in [0.25, 0.3) is 0 Å². The monoisotopic (exact) mass is 329 g/mol. The van der Waals surface area contributed by atoms with Gasteiger partial charge in [0, 0.05) is 48.2 Å². The standard InChI is InChI=1S/C18H20ClN3O/c1-11-3-4-13-14(7-12(2)21-17(13)16(11)19)22-6-5-18(10-22)8-15(23)20-9-18/h3-4,7H,5-6,8-10H2,1-2H3,(H,20,23). The van der Waals surface area contributed by atoms with Crippen LogP contribution in [-0.2, 0) is 4.79 Å². The number of halogens is 1. The van der Waals surface area contributed by atoms with Gasteiger partial charge in [-0.15, -0.1) is 0 Å². The van der Waals surface area contributed by atoms with Crippen molar-refractivity contribution in [2.45, 2.75) is 26.7 Å². The van der Waals surface area contributed by atoms with Gasteiger partial charge >= 0.3 is 0 Å². The summed E-state index contributed by atoms with van der Waals surface area (Å²) in [7, 11) is 0. The minimum Gasteiger partial charge on any atom is -0.370 e. The summed E-state index contributed by atoms with van der Waals surface area (Å²) in [6.45, 7) is 6.69. The normalized spacial score (nSPS) is 24.0. The van der Waals surface area contributed by atoms with Gasteiger partial charge in [0.05, 0.1) is 10.5 Å². The lowest BCUT2D eigenvalue weighted by Gasteiger charge is -2.25. The maximum atomic E-state index is 11.6. The maximum Gasteiger partial charge on any atom is 0.220 e. The Balaban J connectivity index is 1.78. The van der Waals surface area contributed by atoms with Gasteiger partial charge in [-0.3, -0.25) is 9.78 Å². The molecule has 3 heterocycles. The highest BCUT2D eigenvalue weighted by atomic mass is 35.5. The lowest BCUT2D eigenvalue weighted by molar-refractivity contribution is -0.119. The Hall–Kier alpha value is -1.81. The first-order valence-electron chi connectivity index (χ1n) is 8.06. The van der Waals surface area contributed by atoms with Crippen molar-refractivity contribution in [3.8, 4) is 0 Å². The third-order valence-corrected chi connectivity index (χ3v) is 5.67. The van der Waals surface area contributed by atoms with Crippen LogP contribution in [0.5, 0.6) is 0 Å². The van der Waals surface area contributed by atoms with Crippen LogP contribution < -0.4 is 10.2 Å². The van der Waals surface area contributed by atoms with E-state index in [9.17, 15) is 4.79 Å². The number of fused-ring (bicyclic) bond motifs is 1. The lowest BCUT2D eigenvalue weighted by Crippen LogP contribution is -2.29. The first kappa shape index (κ1) is 14.8. The quantitative estimate of drug-likeness (QED) is 0.873. The number of benzene rings is 1. The molecule has 2 aliphatic rings. The molecule has 5 heteroatoms. The summed E-state index contributed by atoms with van der Waals surface area (Å²) >= 11 is 6.48. The number of aromatic nitrogens is 1. The number of aryl methyl sites for hydroxylation is 2. The fourth-order valence-corrected chi connectivity index (χ4v) is 4.12. The number of hydrogen-bond donors (Lipinski definition) is 1. The Kier molecular flexibility index (Phi) is 3.27. The molecule has 1 aromatic carbocycles. The van der Waals surface area contributed by atoms with E-state index in [1.54, 1.807) is 0 Å². The summed E-state index contributed by atoms with van der Waals surface area (Å²) < 4.78 is 0. The molecule has 0 radical (unpaired) electrons. The summed E-state index contributed by atoms with van der Waals surface area (Å²) in [5.74, 6) is 0.182. The summed E-state index contributed by atoms with van der Waals surface area (Å²) in [6.07, 6.45) is 1.69. The molecule has 23 heavy (non-hydrogen) atoms. The zero-order valence-corrected chi connectivity index (χ0v) is 14.2. The average molecular weight is 330 g/mol. The van der Waals surface area contributed by atoms with Crippen molar-refractivity contribution in [3.05, 3.63) is 34.5 Å². The molecule has 2 aromatic rings. The van der Waals surface area contributed by atoms with Crippen LogP contribution in [0.2, 0.25) is 5.02 Å². The minimum atomic E-state index is 0.0923. The Labute approximate surface area is 140 Å². The topological polar surface area (TPSA) is 45.2 Å². The highest BCUT2D eigenvalue weighted by Crippen LogP contribution is 2.41. The first-order chi connectivity index (χ1) is 11.0. The van der Waals surface area contributed by atoms with Crippen molar-refractivity contribution in [1.29, 1.82) is 0 Å². The SMILES string of the molecule is Cc1cc(N2CCC3(CNC(=O)C3)C2)c2ccc(C)c(Cl)c2n1. The van der Waals surface area contributed by atoms with Crippen molar-refractivity contribution in [1.82, 2.24) is 10.3 Å². The van der Waals surface area contributed by atoms with Gasteiger partial charge in [0.2, 0.25) is 5.91 Å². The number of nitrogens with zero attached hydrogens (tertiary/aromatic N) is 2. The smallest absolute Gasteiger partial charge is 0.220 e. The molecule has 1 spiro atoms. The number of pyridine rings is 1. The van der Waals surface area contributed by atoms with E-state index in [1.165, 1.54) is 5.69 Å². The predicted molar refractivity (Wildman–Crippen MR) is 93.1 cm³/mol. The maximum absolute atomic E-state index is 11.6. The summed E-state index contributed by atoms with van der Waals surface area (Å²) in [5.41, 5.74) is 4.18. The third-order valence-electron chi connectivity index (χ3n) is 5.19. The van der Waals surface area contributed by atoms with E-state index < -0.39 is 0 Å². The molecule has 2 aliphatic heterocycles. The molecule has 1 amide bonds. The molecular weight excluding hydrogens is 310 g/mol. The van der Waals surface area contributed by atoms with Crippen molar-refractivity contribution in [2.75, 3.05) is 24.5 Å². The number of rotatable bonds is 1. The molecule has 2 saturated heterocycles. The van der Waals surface area contributed by atoms with E-state index in [1.807, 2.05) is 13.8 Å². The number of anilines is 1. The van der Waals surface area contributed by atoms with Gasteiger partial charge in [-0.1, -0.05) is 23.7 Å². The largest absolute Gasteiger partial charge is 0.370 e. The Morgan fingerprint density at radius 2 is 2.17 bits per heavy atom. The highest BCUT2D eigenvalue weighted by molar-refractivity contribution is 6.36. The van der Waals surface area contributed by atoms with Crippen LogP contribution in [0.1, 0.15) is 24.1 Å². The summed E-state index contributed by atoms with van der Waals surface area (Å²) in [5, 5.41) is 4.82. The predicted octanol–water partition coefficient (Wildman–Crippen LogP) is 3.22. The van der Waals surface area contributed by atoms with Crippen LogP contribution in [0.15, 0.2) is 18.2 Å². The number of hydrogen-bond acceptors (Lipinski definition) is 3. The molecule has 4 rings (SSSR count). The van der Waals surface area contributed by atoms with Crippen molar-refractivity contribution in [2.24, 2.45) is 5.41 Å². The van der Waals surface area contributed by atoms with Gasteiger partial charge in [-0.25, -0.2) is 0 Å². The van der Waals surface area contributed by atoms with Crippen LogP contribution in [0.4, 0.5) is 5.69 Å². The number of carbonyl (C=O) groups excluding carboxylic acids is 1. The van der Waals surface area contributed by atoms with E-state index in [0.717, 1.165) is 53.2 Å². The van der Waals surface area contributed by atoms with Crippen molar-refractivity contribution in [3.63, 3.8) is 0 Å². The second kappa shape index (κ2) is 5.10. The average Bonchev–Trinajstić information content (AvgIpc) is 3.09. The lowest BCUT2D eigenvalue weighted by atomic mass is 9.86. The van der Waals surface area contributed by atoms with Crippen LogP contribution in [0.25, 0.3) is 10.9 Å². The molecule has 1 aromatic heterocycles. The van der Waals surface area contributed by atoms with E-state index in [0.29, 0.717) is 6.42 Å². The zero-order valence-electron chi connectivity index (χ0n) is 13.4. The van der Waals surface area contributed by atoms with Gasteiger partial charge in [-0.2, -0.15) is 0 Å². The van der Waals surface area contributed by atoms with E-state index >= 15 is 0 Å². The molecular formula is C18H20ClN3O. The number of nitrogens with one attached hydrogen (secondary N) is 1. The molecule has 4 nitrogen and oxygen atoms in total. The van der Waals surface area contributed by atoms with Crippen LogP contribution >= 0.6 is 11.6 Å². The Bertz CT molecular complexity index is 820. The first-order valence-corrected chi connectivity index (χ1v) is 8.43. The van der Waals surface area contributed by atoms with E-state index in [2.05, 4.69) is 33.4 Å². The molecule has 2 fully saturated rings. The fourth-order valence-electron chi connectivity index (χ4n) is 3.91. The summed E-state index contributed by atoms with van der Waals surface area (Å²) in [6, 6.07) is 6.30. The second-order valence-corrected chi connectivity index (χ2v) is 7.38. The van der Waals surface area contributed by atoms with Crippen LogP contribution in [0.3, 0.4) is 0 Å². The van der Waals surface area contributed by atoms with E-state index in [4.69, 9.17) is 11.6 Å². The van der Waals surface area contributed by atoms with Gasteiger partial charge < -0.3 is 10.2 Å². The molecule has 1 atom stereocenters. The fraction of sp³-hybridized carbons (Fsp3) is 0.444. The van der Waals surface area contributed by atoms with Crippen LogP contribution in [-0.4, -0.2) is 30.5 Å². The number of carbonyl (C=O) groups is 1. The molecule has 0 bridgehead atoms. The Morgan fingerprint density at radius 3 is 2.91 bits per heavy atom. The number of amides is 1. The van der Waals surface area contributed by atoms with Gasteiger partial charge in [0.15, 0.2) is 0 Å². The molecule has 0 saturated carbocycles. The van der Waals surface area contributed by atoms with Crippen molar-refractivity contribution < 1.29 is 4.79 Å². The zero-order chi connectivity index (χ0) is 16.2. The second-order valence-electron chi connectivity index (χ2n) is 7.00. The van der Waals surface area contributed by atoms with Gasteiger partial charge in [-0.05, 0) is 31.9 Å². The molecule has 1 unspecified atom stereocenters. The van der Waals surface area contributed by atoms with Crippen molar-refractivity contribution >= 4 is 34.1 Å². The van der Waals surface area contributed by atoms with E-state index in [-0.39, 0.29) is 11.3 Å². The Morgan fingerprint density at radius 1 is 1.35 bits per heavy atom. The molecule has 0 aliphatic carbocycles. The van der Waals surface area contributed by atoms with Crippen LogP contribution in [0, 0.1) is 19.3 Å². The molecule has 1 N–H and O–H groups in total. The summed E-state index contributed by atoms with van der Waals surface area (Å²) in [4.78, 5) is 18.7. The van der Waals surface area contributed by atoms with Gasteiger partial charge in [0.1, 0.15) is 0 Å². The molecule has 120 valence electrons. The minimum absolute atomic E-state index is 0.0923. The highest BCUT2D eigenvalue weighted by Gasteiger charge is 2.44.